The summed E-state index contributed by atoms with van der Waals surface area (Å²) in [4.78, 5) is 20.2. The molecule has 6 heteroatoms. The number of nitrogens with one attached hydrogen (secondary N) is 1. The van der Waals surface area contributed by atoms with Crippen molar-refractivity contribution in [3.63, 3.8) is 0 Å². The predicted molar refractivity (Wildman–Crippen MR) is 79.1 cm³/mol. The van der Waals surface area contributed by atoms with Gasteiger partial charge in [0.15, 0.2) is 0 Å². The molecule has 0 radical (unpaired) electrons. The van der Waals surface area contributed by atoms with Crippen molar-refractivity contribution in [2.24, 2.45) is 0 Å². The van der Waals surface area contributed by atoms with Crippen molar-refractivity contribution in [2.45, 2.75) is 0 Å². The number of benzene rings is 1. The molecular formula is C15H10ClN3O2. The second kappa shape index (κ2) is 5.76. The Bertz CT molecular complexity index is 772. The zero-order chi connectivity index (χ0) is 14.7. The van der Waals surface area contributed by atoms with Crippen LogP contribution in [0.3, 0.4) is 0 Å². The molecule has 0 aliphatic rings. The second-order valence-electron chi connectivity index (χ2n) is 4.23. The SMILES string of the molecule is O=C(Nc1ncco1)c1ccnc(-c2cccc(Cl)c2)c1. The van der Waals surface area contributed by atoms with E-state index in [1.54, 1.807) is 30.5 Å². The average Bonchev–Trinajstić information content (AvgIpc) is 3.00. The number of anilines is 1. The lowest BCUT2D eigenvalue weighted by Crippen LogP contribution is -2.12. The first-order chi connectivity index (χ1) is 10.2. The van der Waals surface area contributed by atoms with Crippen molar-refractivity contribution in [3.05, 3.63) is 65.6 Å². The predicted octanol–water partition coefficient (Wildman–Crippen LogP) is 3.64. The van der Waals surface area contributed by atoms with E-state index in [9.17, 15) is 4.79 Å². The van der Waals surface area contributed by atoms with E-state index in [2.05, 4.69) is 15.3 Å². The Morgan fingerprint density at radius 1 is 1.14 bits per heavy atom. The zero-order valence-corrected chi connectivity index (χ0v) is 11.5. The molecular weight excluding hydrogens is 290 g/mol. The van der Waals surface area contributed by atoms with Gasteiger partial charge in [-0.05, 0) is 24.3 Å². The maximum Gasteiger partial charge on any atom is 0.301 e. The van der Waals surface area contributed by atoms with E-state index in [-0.39, 0.29) is 11.9 Å². The molecule has 3 rings (SSSR count). The molecule has 21 heavy (non-hydrogen) atoms. The fourth-order valence-corrected chi connectivity index (χ4v) is 2.02. The number of rotatable bonds is 3. The van der Waals surface area contributed by atoms with Crippen molar-refractivity contribution < 1.29 is 9.21 Å². The first-order valence-corrected chi connectivity index (χ1v) is 6.53. The van der Waals surface area contributed by atoms with Crippen LogP contribution < -0.4 is 5.32 Å². The Morgan fingerprint density at radius 2 is 2.05 bits per heavy atom. The molecule has 0 saturated carbocycles. The van der Waals surface area contributed by atoms with Crippen molar-refractivity contribution >= 4 is 23.5 Å². The van der Waals surface area contributed by atoms with E-state index in [4.69, 9.17) is 16.0 Å². The van der Waals surface area contributed by atoms with E-state index in [1.165, 1.54) is 12.5 Å². The Morgan fingerprint density at radius 3 is 2.81 bits per heavy atom. The minimum absolute atomic E-state index is 0.154. The van der Waals surface area contributed by atoms with Gasteiger partial charge in [-0.25, -0.2) is 4.98 Å². The van der Waals surface area contributed by atoms with Crippen LogP contribution in [-0.2, 0) is 0 Å². The van der Waals surface area contributed by atoms with E-state index < -0.39 is 0 Å². The number of amides is 1. The van der Waals surface area contributed by atoms with Gasteiger partial charge in [0.05, 0.1) is 11.9 Å². The minimum Gasteiger partial charge on any atom is -0.432 e. The molecule has 1 aromatic carbocycles. The summed E-state index contributed by atoms with van der Waals surface area (Å²) in [5.74, 6) is -0.317. The number of nitrogens with zero attached hydrogens (tertiary/aromatic N) is 2. The van der Waals surface area contributed by atoms with Crippen molar-refractivity contribution in [3.8, 4) is 11.3 Å². The molecule has 3 aromatic rings. The number of oxazole rings is 1. The molecule has 2 aromatic heterocycles. The average molecular weight is 300 g/mol. The highest BCUT2D eigenvalue weighted by Crippen LogP contribution is 2.21. The topological polar surface area (TPSA) is 68.0 Å². The van der Waals surface area contributed by atoms with Gasteiger partial charge in [0, 0.05) is 22.3 Å². The van der Waals surface area contributed by atoms with Gasteiger partial charge in [0.2, 0.25) is 0 Å². The monoisotopic (exact) mass is 299 g/mol. The molecule has 1 N–H and O–H groups in total. The summed E-state index contributed by atoms with van der Waals surface area (Å²) in [6.45, 7) is 0. The Balaban J connectivity index is 1.88. The Hall–Kier alpha value is -2.66. The highest BCUT2D eigenvalue weighted by atomic mass is 35.5. The molecule has 0 spiro atoms. The van der Waals surface area contributed by atoms with Crippen LogP contribution >= 0.6 is 11.6 Å². The summed E-state index contributed by atoms with van der Waals surface area (Å²) in [6, 6.07) is 10.7. The third-order valence-corrected chi connectivity index (χ3v) is 3.03. The smallest absolute Gasteiger partial charge is 0.301 e. The quantitative estimate of drug-likeness (QED) is 0.801. The van der Waals surface area contributed by atoms with Crippen LogP contribution in [0.1, 0.15) is 10.4 Å². The summed E-state index contributed by atoms with van der Waals surface area (Å²) >= 11 is 5.96. The second-order valence-corrected chi connectivity index (χ2v) is 4.67. The normalized spacial score (nSPS) is 10.3. The lowest BCUT2D eigenvalue weighted by molar-refractivity contribution is 0.102. The summed E-state index contributed by atoms with van der Waals surface area (Å²) in [5.41, 5.74) is 1.96. The minimum atomic E-state index is -0.317. The summed E-state index contributed by atoms with van der Waals surface area (Å²) in [7, 11) is 0. The molecule has 2 heterocycles. The summed E-state index contributed by atoms with van der Waals surface area (Å²) < 4.78 is 4.98. The third kappa shape index (κ3) is 3.09. The van der Waals surface area contributed by atoms with Crippen LogP contribution in [0.2, 0.25) is 5.02 Å². The van der Waals surface area contributed by atoms with Gasteiger partial charge in [-0.1, -0.05) is 23.7 Å². The lowest BCUT2D eigenvalue weighted by atomic mass is 10.1. The highest BCUT2D eigenvalue weighted by Gasteiger charge is 2.10. The number of hydrogen-bond acceptors (Lipinski definition) is 4. The van der Waals surface area contributed by atoms with Crippen molar-refractivity contribution in [1.29, 1.82) is 0 Å². The maximum atomic E-state index is 12.1. The molecule has 0 aliphatic heterocycles. The van der Waals surface area contributed by atoms with Gasteiger partial charge < -0.3 is 4.42 Å². The fourth-order valence-electron chi connectivity index (χ4n) is 1.83. The largest absolute Gasteiger partial charge is 0.432 e. The van der Waals surface area contributed by atoms with Gasteiger partial charge in [-0.3, -0.25) is 15.1 Å². The number of carbonyl (C=O) groups excluding carboxylic acids is 1. The van der Waals surface area contributed by atoms with E-state index in [1.807, 2.05) is 12.1 Å². The lowest BCUT2D eigenvalue weighted by Gasteiger charge is -2.05. The first kappa shape index (κ1) is 13.3. The van der Waals surface area contributed by atoms with Crippen LogP contribution in [0, 0.1) is 0 Å². The molecule has 1 amide bonds. The molecule has 0 aliphatic carbocycles. The van der Waals surface area contributed by atoms with Crippen molar-refractivity contribution in [1.82, 2.24) is 9.97 Å². The van der Waals surface area contributed by atoms with Gasteiger partial charge in [-0.15, -0.1) is 0 Å². The number of aromatic nitrogens is 2. The third-order valence-electron chi connectivity index (χ3n) is 2.80. The van der Waals surface area contributed by atoms with Crippen LogP contribution in [0.25, 0.3) is 11.3 Å². The van der Waals surface area contributed by atoms with Crippen LogP contribution in [0.15, 0.2) is 59.5 Å². The first-order valence-electron chi connectivity index (χ1n) is 6.15. The van der Waals surface area contributed by atoms with Crippen LogP contribution in [-0.4, -0.2) is 15.9 Å². The highest BCUT2D eigenvalue weighted by molar-refractivity contribution is 6.30. The maximum absolute atomic E-state index is 12.1. The Kier molecular flexibility index (Phi) is 3.66. The number of pyridine rings is 1. The number of halogens is 1. The van der Waals surface area contributed by atoms with Crippen molar-refractivity contribution in [2.75, 3.05) is 5.32 Å². The fraction of sp³-hybridized carbons (Fsp3) is 0. The van der Waals surface area contributed by atoms with Crippen LogP contribution in [0.4, 0.5) is 6.01 Å². The molecule has 104 valence electrons. The summed E-state index contributed by atoms with van der Waals surface area (Å²) in [5, 5.41) is 3.17. The summed E-state index contributed by atoms with van der Waals surface area (Å²) in [6.07, 6.45) is 4.42. The van der Waals surface area contributed by atoms with E-state index in [0.717, 1.165) is 5.56 Å². The number of carbonyl (C=O) groups is 1. The zero-order valence-electron chi connectivity index (χ0n) is 10.8. The molecule has 5 nitrogen and oxygen atoms in total. The van der Waals surface area contributed by atoms with Gasteiger partial charge >= 0.3 is 6.01 Å². The standard InChI is InChI=1S/C15H10ClN3O2/c16-12-3-1-2-10(8-12)13-9-11(4-5-17-13)14(20)19-15-18-6-7-21-15/h1-9H,(H,18,19,20). The van der Waals surface area contributed by atoms with E-state index in [0.29, 0.717) is 16.3 Å². The van der Waals surface area contributed by atoms with Gasteiger partial charge in [-0.2, -0.15) is 0 Å². The van der Waals surface area contributed by atoms with E-state index >= 15 is 0 Å². The Labute approximate surface area is 125 Å². The molecule has 0 atom stereocenters. The molecule has 0 bridgehead atoms. The molecule has 0 unspecified atom stereocenters. The van der Waals surface area contributed by atoms with Crippen LogP contribution in [0.5, 0.6) is 0 Å². The molecule has 0 fully saturated rings. The van der Waals surface area contributed by atoms with Gasteiger partial charge in [0.1, 0.15) is 6.26 Å². The number of hydrogen-bond donors (Lipinski definition) is 1. The van der Waals surface area contributed by atoms with Gasteiger partial charge in [0.25, 0.3) is 5.91 Å². The molecule has 0 saturated heterocycles.